The summed E-state index contributed by atoms with van der Waals surface area (Å²) in [4.78, 5) is 9.41. The summed E-state index contributed by atoms with van der Waals surface area (Å²) in [6.07, 6.45) is 3.50. The molecular weight excluding hydrogens is 294 g/mol. The standard InChI is InChI=1S/C13H12ClN5S/c1-8-11(14)18-13-15-7-16-19(13)12(8)17-9-5-3-4-6-10(9)20-2/h3-7,17H,1-2H3. The maximum absolute atomic E-state index is 6.15. The van der Waals surface area contributed by atoms with E-state index in [1.807, 2.05) is 31.4 Å². The predicted octanol–water partition coefficient (Wildman–Crippen LogP) is 3.55. The average molecular weight is 306 g/mol. The topological polar surface area (TPSA) is 55.1 Å². The Morgan fingerprint density at radius 1 is 1.30 bits per heavy atom. The van der Waals surface area contributed by atoms with Gasteiger partial charge < -0.3 is 5.32 Å². The van der Waals surface area contributed by atoms with Gasteiger partial charge in [0.2, 0.25) is 0 Å². The van der Waals surface area contributed by atoms with Crippen LogP contribution in [0.1, 0.15) is 5.56 Å². The van der Waals surface area contributed by atoms with Crippen molar-refractivity contribution in [2.75, 3.05) is 11.6 Å². The van der Waals surface area contributed by atoms with Gasteiger partial charge in [-0.15, -0.1) is 11.8 Å². The molecule has 0 fully saturated rings. The molecule has 0 atom stereocenters. The van der Waals surface area contributed by atoms with Crippen LogP contribution in [-0.4, -0.2) is 25.8 Å². The van der Waals surface area contributed by atoms with Gasteiger partial charge in [0, 0.05) is 10.5 Å². The number of halogens is 1. The number of aromatic nitrogens is 4. The van der Waals surface area contributed by atoms with Crippen molar-refractivity contribution in [2.24, 2.45) is 0 Å². The predicted molar refractivity (Wildman–Crippen MR) is 82.0 cm³/mol. The van der Waals surface area contributed by atoms with Gasteiger partial charge in [-0.3, -0.25) is 0 Å². The minimum atomic E-state index is 0.426. The van der Waals surface area contributed by atoms with E-state index < -0.39 is 0 Å². The molecule has 2 heterocycles. The highest BCUT2D eigenvalue weighted by Gasteiger charge is 2.13. The van der Waals surface area contributed by atoms with Crippen molar-refractivity contribution in [3.63, 3.8) is 0 Å². The molecule has 2 aromatic heterocycles. The summed E-state index contributed by atoms with van der Waals surface area (Å²) in [6, 6.07) is 8.07. The van der Waals surface area contributed by atoms with Crippen molar-refractivity contribution in [3.8, 4) is 0 Å². The normalized spacial score (nSPS) is 10.9. The van der Waals surface area contributed by atoms with Gasteiger partial charge in [0.15, 0.2) is 0 Å². The van der Waals surface area contributed by atoms with Gasteiger partial charge in [-0.2, -0.15) is 19.6 Å². The first-order valence-corrected chi connectivity index (χ1v) is 7.57. The molecular formula is C13H12ClN5S. The third-order valence-corrected chi connectivity index (χ3v) is 4.13. The lowest BCUT2D eigenvalue weighted by molar-refractivity contribution is 0.935. The van der Waals surface area contributed by atoms with Gasteiger partial charge in [0.25, 0.3) is 5.78 Å². The Morgan fingerprint density at radius 2 is 2.10 bits per heavy atom. The third kappa shape index (κ3) is 2.21. The number of nitrogens with zero attached hydrogens (tertiary/aromatic N) is 4. The zero-order valence-electron chi connectivity index (χ0n) is 11.0. The number of rotatable bonds is 3. The third-order valence-electron chi connectivity index (χ3n) is 2.96. The number of anilines is 2. The molecule has 20 heavy (non-hydrogen) atoms. The van der Waals surface area contributed by atoms with Crippen LogP contribution in [0.3, 0.4) is 0 Å². The number of fused-ring (bicyclic) bond motifs is 1. The summed E-state index contributed by atoms with van der Waals surface area (Å²) in [5.41, 5.74) is 1.84. The second-order valence-corrected chi connectivity index (χ2v) is 5.38. The fraction of sp³-hybridized carbons (Fsp3) is 0.154. The van der Waals surface area contributed by atoms with E-state index in [2.05, 4.69) is 26.4 Å². The van der Waals surface area contributed by atoms with Crippen LogP contribution in [0.25, 0.3) is 5.78 Å². The number of nitrogens with one attached hydrogen (secondary N) is 1. The first kappa shape index (κ1) is 13.2. The van der Waals surface area contributed by atoms with Crippen LogP contribution < -0.4 is 5.32 Å². The maximum atomic E-state index is 6.15. The quantitative estimate of drug-likeness (QED) is 0.592. The summed E-state index contributed by atoms with van der Waals surface area (Å²) in [6.45, 7) is 1.90. The molecule has 0 amide bonds. The lowest BCUT2D eigenvalue weighted by atomic mass is 10.3. The van der Waals surface area contributed by atoms with Gasteiger partial charge in [-0.1, -0.05) is 23.7 Å². The monoisotopic (exact) mass is 305 g/mol. The Morgan fingerprint density at radius 3 is 2.90 bits per heavy atom. The molecule has 0 saturated heterocycles. The first-order valence-electron chi connectivity index (χ1n) is 5.96. The van der Waals surface area contributed by atoms with E-state index in [9.17, 15) is 0 Å². The molecule has 0 aliphatic heterocycles. The number of hydrogen-bond acceptors (Lipinski definition) is 5. The lowest BCUT2D eigenvalue weighted by Crippen LogP contribution is -2.05. The van der Waals surface area contributed by atoms with Gasteiger partial charge in [0.1, 0.15) is 17.3 Å². The van der Waals surface area contributed by atoms with E-state index in [0.717, 1.165) is 22.0 Å². The fourth-order valence-electron chi connectivity index (χ4n) is 1.92. The fourth-order valence-corrected chi connectivity index (χ4v) is 2.64. The highest BCUT2D eigenvalue weighted by molar-refractivity contribution is 7.98. The molecule has 0 radical (unpaired) electrons. The molecule has 0 aliphatic rings. The smallest absolute Gasteiger partial charge is 0.255 e. The highest BCUT2D eigenvalue weighted by Crippen LogP contribution is 2.30. The van der Waals surface area contributed by atoms with Crippen molar-refractivity contribution >= 4 is 40.6 Å². The molecule has 3 rings (SSSR count). The molecule has 3 aromatic rings. The van der Waals surface area contributed by atoms with E-state index >= 15 is 0 Å². The molecule has 1 aromatic carbocycles. The minimum Gasteiger partial charge on any atom is -0.339 e. The van der Waals surface area contributed by atoms with E-state index in [1.54, 1.807) is 16.3 Å². The molecule has 0 spiro atoms. The molecule has 0 saturated carbocycles. The minimum absolute atomic E-state index is 0.426. The Kier molecular flexibility index (Phi) is 3.50. The van der Waals surface area contributed by atoms with Crippen LogP contribution in [0, 0.1) is 6.92 Å². The van der Waals surface area contributed by atoms with Crippen molar-refractivity contribution in [1.82, 2.24) is 19.6 Å². The van der Waals surface area contributed by atoms with Crippen LogP contribution in [0.5, 0.6) is 0 Å². The van der Waals surface area contributed by atoms with Crippen molar-refractivity contribution in [1.29, 1.82) is 0 Å². The SMILES string of the molecule is CSc1ccccc1Nc1c(C)c(Cl)nc2ncnn12. The molecule has 7 heteroatoms. The summed E-state index contributed by atoms with van der Waals surface area (Å²) in [5, 5.41) is 7.99. The van der Waals surface area contributed by atoms with Crippen molar-refractivity contribution < 1.29 is 0 Å². The number of hydrogen-bond donors (Lipinski definition) is 1. The van der Waals surface area contributed by atoms with Crippen LogP contribution >= 0.6 is 23.4 Å². The zero-order chi connectivity index (χ0) is 14.1. The van der Waals surface area contributed by atoms with Crippen LogP contribution in [-0.2, 0) is 0 Å². The van der Waals surface area contributed by atoms with Crippen LogP contribution in [0.15, 0.2) is 35.5 Å². The highest BCUT2D eigenvalue weighted by atomic mass is 35.5. The number of para-hydroxylation sites is 1. The Labute approximate surface area is 125 Å². The summed E-state index contributed by atoms with van der Waals surface area (Å²) < 4.78 is 1.65. The summed E-state index contributed by atoms with van der Waals surface area (Å²) in [5.74, 6) is 1.25. The summed E-state index contributed by atoms with van der Waals surface area (Å²) >= 11 is 7.83. The van der Waals surface area contributed by atoms with Crippen LogP contribution in [0.4, 0.5) is 11.5 Å². The van der Waals surface area contributed by atoms with Gasteiger partial charge in [-0.05, 0) is 25.3 Å². The zero-order valence-corrected chi connectivity index (χ0v) is 12.5. The molecule has 0 aliphatic carbocycles. The molecule has 1 N–H and O–H groups in total. The maximum Gasteiger partial charge on any atom is 0.255 e. The largest absolute Gasteiger partial charge is 0.339 e. The molecule has 0 unspecified atom stereocenters. The second kappa shape index (κ2) is 5.30. The molecule has 5 nitrogen and oxygen atoms in total. The Bertz CT molecular complexity index is 771. The first-order chi connectivity index (χ1) is 9.70. The van der Waals surface area contributed by atoms with Crippen molar-refractivity contribution in [3.05, 3.63) is 41.3 Å². The van der Waals surface area contributed by atoms with E-state index in [4.69, 9.17) is 11.6 Å². The lowest BCUT2D eigenvalue weighted by Gasteiger charge is -2.14. The van der Waals surface area contributed by atoms with Gasteiger partial charge in [0.05, 0.1) is 5.69 Å². The van der Waals surface area contributed by atoms with Gasteiger partial charge >= 0.3 is 0 Å². The van der Waals surface area contributed by atoms with E-state index in [-0.39, 0.29) is 0 Å². The second-order valence-electron chi connectivity index (χ2n) is 4.17. The summed E-state index contributed by atoms with van der Waals surface area (Å²) in [7, 11) is 0. The average Bonchev–Trinajstić information content (AvgIpc) is 2.92. The van der Waals surface area contributed by atoms with Crippen molar-refractivity contribution in [2.45, 2.75) is 11.8 Å². The molecule has 0 bridgehead atoms. The Hall–Kier alpha value is -1.79. The molecule has 102 valence electrons. The van der Waals surface area contributed by atoms with E-state index in [0.29, 0.717) is 10.9 Å². The van der Waals surface area contributed by atoms with Crippen LogP contribution in [0.2, 0.25) is 5.15 Å². The van der Waals surface area contributed by atoms with E-state index in [1.165, 1.54) is 6.33 Å². The van der Waals surface area contributed by atoms with Gasteiger partial charge in [-0.25, -0.2) is 0 Å². The number of thioether (sulfide) groups is 1. The number of benzene rings is 1. The Balaban J connectivity index is 2.15.